The molecule has 0 heterocycles. The van der Waals surface area contributed by atoms with Crippen molar-refractivity contribution in [3.63, 3.8) is 0 Å². The first kappa shape index (κ1) is 19.9. The first-order chi connectivity index (χ1) is 6.60. The average molecular weight is 340 g/mol. The van der Waals surface area contributed by atoms with Crippen LogP contribution >= 0.6 is 24.4 Å². The summed E-state index contributed by atoms with van der Waals surface area (Å²) in [5, 5.41) is 2.17. The van der Waals surface area contributed by atoms with E-state index in [0.29, 0.717) is 6.04 Å². The Balaban J connectivity index is -0.000000168. The third-order valence-corrected chi connectivity index (χ3v) is 4.29. The van der Waals surface area contributed by atoms with Gasteiger partial charge in [-0.3, -0.25) is 0 Å². The molecule has 14 heavy (non-hydrogen) atoms. The van der Waals surface area contributed by atoms with Crippen LogP contribution < -0.4 is 5.73 Å². The van der Waals surface area contributed by atoms with E-state index in [0.717, 1.165) is 10.5 Å². The van der Waals surface area contributed by atoms with Gasteiger partial charge in [-0.25, -0.2) is 9.59 Å². The van der Waals surface area contributed by atoms with Crippen molar-refractivity contribution in [3.05, 3.63) is 0 Å². The second-order valence-corrected chi connectivity index (χ2v) is 7.49. The summed E-state index contributed by atoms with van der Waals surface area (Å²) in [6.07, 6.45) is 1.26. The average Bonchev–Trinajstić information content (AvgIpc) is 2.07. The molecule has 0 saturated heterocycles. The van der Waals surface area contributed by atoms with Crippen LogP contribution in [0.4, 0.5) is 0 Å². The zero-order valence-corrected chi connectivity index (χ0v) is 12.9. The molecule has 0 aliphatic rings. The SMILES string of the molecule is C[CH2][Sn][CH2]CC(C)N.O=C=S.O=C=S. The minimum atomic E-state index is 0.0669. The van der Waals surface area contributed by atoms with Crippen LogP contribution in [0.2, 0.25) is 8.87 Å². The van der Waals surface area contributed by atoms with Crippen molar-refractivity contribution in [1.29, 1.82) is 0 Å². The molecule has 6 heteroatoms. The fourth-order valence-electron chi connectivity index (χ4n) is 0.507. The maximum absolute atomic E-state index is 8.50. The first-order valence-corrected chi connectivity index (χ1v) is 8.90. The van der Waals surface area contributed by atoms with Gasteiger partial charge in [-0.2, -0.15) is 0 Å². The van der Waals surface area contributed by atoms with Crippen molar-refractivity contribution < 1.29 is 9.59 Å². The zero-order valence-electron chi connectivity index (χ0n) is 8.41. The molecule has 0 bridgehead atoms. The molecule has 0 amide bonds. The van der Waals surface area contributed by atoms with Crippen molar-refractivity contribution in [2.75, 3.05) is 0 Å². The molecular formula is C8H15NO2S2Sn. The maximum atomic E-state index is 8.50. The minimum absolute atomic E-state index is 0.0669. The molecule has 0 aromatic carbocycles. The van der Waals surface area contributed by atoms with Crippen LogP contribution in [0.25, 0.3) is 0 Å². The zero-order chi connectivity index (χ0) is 11.8. The molecule has 0 rings (SSSR count). The van der Waals surface area contributed by atoms with Gasteiger partial charge in [0, 0.05) is 24.4 Å². The maximum Gasteiger partial charge on any atom is 0.202 e. The Hall–Kier alpha value is 0.359. The Morgan fingerprint density at radius 1 is 1.36 bits per heavy atom. The fraction of sp³-hybridized carbons (Fsp3) is 0.750. The molecule has 0 aromatic rings. The van der Waals surface area contributed by atoms with Gasteiger partial charge in [-0.05, 0) is 0 Å². The van der Waals surface area contributed by atoms with Crippen LogP contribution in [0.5, 0.6) is 0 Å². The van der Waals surface area contributed by atoms with Crippen LogP contribution in [0, 0.1) is 0 Å². The molecule has 0 aliphatic heterocycles. The molecule has 80 valence electrons. The van der Waals surface area contributed by atoms with E-state index in [1.165, 1.54) is 15.3 Å². The van der Waals surface area contributed by atoms with Gasteiger partial charge in [-0.15, -0.1) is 0 Å². The Kier molecular flexibility index (Phi) is 33.0. The summed E-state index contributed by atoms with van der Waals surface area (Å²) >= 11 is 7.24. The summed E-state index contributed by atoms with van der Waals surface area (Å²) in [5.74, 6) is 0. The van der Waals surface area contributed by atoms with Crippen LogP contribution in [0.1, 0.15) is 20.3 Å². The van der Waals surface area contributed by atoms with E-state index in [9.17, 15) is 0 Å². The van der Waals surface area contributed by atoms with E-state index in [-0.39, 0.29) is 21.1 Å². The number of nitrogens with two attached hydrogens (primary N) is 1. The molecule has 2 radical (unpaired) electrons. The quantitative estimate of drug-likeness (QED) is 0.480. The van der Waals surface area contributed by atoms with Gasteiger partial charge in [0.15, 0.2) is 0 Å². The van der Waals surface area contributed by atoms with E-state index in [1.807, 2.05) is 0 Å². The van der Waals surface area contributed by atoms with E-state index in [4.69, 9.17) is 15.3 Å². The second-order valence-electron chi connectivity index (χ2n) is 2.29. The van der Waals surface area contributed by atoms with Gasteiger partial charge in [0.25, 0.3) is 0 Å². The molecule has 1 unspecified atom stereocenters. The smallest absolute Gasteiger partial charge is 0.202 e. The summed E-state index contributed by atoms with van der Waals surface area (Å²) in [5.41, 5.74) is 5.56. The molecule has 0 aliphatic carbocycles. The van der Waals surface area contributed by atoms with Crippen molar-refractivity contribution in [2.24, 2.45) is 5.73 Å². The predicted molar refractivity (Wildman–Crippen MR) is 65.9 cm³/mol. The first-order valence-electron chi connectivity index (χ1n) is 4.05. The Morgan fingerprint density at radius 3 is 1.93 bits per heavy atom. The Morgan fingerprint density at radius 2 is 1.71 bits per heavy atom. The molecule has 0 spiro atoms. The molecule has 2 N–H and O–H groups in total. The normalized spacial score (nSPS) is 9.07. The number of rotatable bonds is 4. The van der Waals surface area contributed by atoms with E-state index in [2.05, 4.69) is 38.3 Å². The third kappa shape index (κ3) is 55.5. The topological polar surface area (TPSA) is 60.2 Å². The van der Waals surface area contributed by atoms with E-state index in [1.54, 1.807) is 0 Å². The largest absolute Gasteiger partial charge is 0.220 e. The molecule has 0 fully saturated rings. The fourth-order valence-corrected chi connectivity index (χ4v) is 3.40. The Labute approximate surface area is 106 Å². The molecule has 0 saturated carbocycles. The standard InChI is InChI=1S/C4H10N.C2H5.2COS.Sn/c1-3-4(2)5;1-2;2*2-1-3;/h4H,1,3,5H2,2H3;1H2,2H3;;;. The van der Waals surface area contributed by atoms with Crippen LogP contribution in [-0.4, -0.2) is 37.6 Å². The van der Waals surface area contributed by atoms with Gasteiger partial charge >= 0.3 is 62.1 Å². The summed E-state index contributed by atoms with van der Waals surface area (Å²) in [4.78, 5) is 17.0. The monoisotopic (exact) mass is 341 g/mol. The van der Waals surface area contributed by atoms with Crippen LogP contribution in [-0.2, 0) is 9.59 Å². The number of hydrogen-bond donors (Lipinski definition) is 1. The number of carbonyl (C=O) groups excluding carboxylic acids is 2. The summed E-state index contributed by atoms with van der Waals surface area (Å²) in [6, 6.07) is 0.447. The molecule has 1 atom stereocenters. The van der Waals surface area contributed by atoms with Gasteiger partial charge in [0.2, 0.25) is 10.5 Å². The van der Waals surface area contributed by atoms with Crippen molar-refractivity contribution in [1.82, 2.24) is 0 Å². The minimum Gasteiger partial charge on any atom is -0.220 e. The van der Waals surface area contributed by atoms with Crippen LogP contribution in [0.3, 0.4) is 0 Å². The second kappa shape index (κ2) is 23.3. The number of thiocarbonyl (C=S) groups is 2. The molecule has 3 nitrogen and oxygen atoms in total. The Bertz CT molecular complexity index is 153. The molecule has 0 aromatic heterocycles. The van der Waals surface area contributed by atoms with Gasteiger partial charge in [0.1, 0.15) is 0 Å². The molecular weight excluding hydrogens is 325 g/mol. The van der Waals surface area contributed by atoms with Crippen molar-refractivity contribution in [3.8, 4) is 0 Å². The van der Waals surface area contributed by atoms with E-state index >= 15 is 0 Å². The summed E-state index contributed by atoms with van der Waals surface area (Å²) in [7, 11) is 0. The van der Waals surface area contributed by atoms with Gasteiger partial charge < -0.3 is 0 Å². The summed E-state index contributed by atoms with van der Waals surface area (Å²) < 4.78 is 2.94. The van der Waals surface area contributed by atoms with Crippen molar-refractivity contribution in [2.45, 2.75) is 35.2 Å². The van der Waals surface area contributed by atoms with Crippen LogP contribution in [0.15, 0.2) is 0 Å². The van der Waals surface area contributed by atoms with Crippen molar-refractivity contribution >= 4 is 56.0 Å². The van der Waals surface area contributed by atoms with Gasteiger partial charge in [0.05, 0.1) is 0 Å². The summed E-state index contributed by atoms with van der Waals surface area (Å²) in [6.45, 7) is 4.38. The number of hydrogen-bond acceptors (Lipinski definition) is 5. The predicted octanol–water partition coefficient (Wildman–Crippen LogP) is 1.79. The van der Waals surface area contributed by atoms with Gasteiger partial charge in [-0.1, -0.05) is 0 Å². The third-order valence-electron chi connectivity index (χ3n) is 1.03. The van der Waals surface area contributed by atoms with E-state index < -0.39 is 0 Å².